The summed E-state index contributed by atoms with van der Waals surface area (Å²) in [6, 6.07) is 4.84. The molecule has 1 aromatic carbocycles. The zero-order valence-corrected chi connectivity index (χ0v) is 8.46. The number of aliphatic hydroxyl groups excluding tert-OH is 1. The maximum absolute atomic E-state index is 13.3. The van der Waals surface area contributed by atoms with E-state index in [0.717, 1.165) is 5.56 Å². The summed E-state index contributed by atoms with van der Waals surface area (Å²) in [5, 5.41) is 8.94. The molecule has 3 heteroatoms. The Balaban J connectivity index is 2.95. The highest BCUT2D eigenvalue weighted by Gasteiger charge is 2.10. The molecule has 1 aromatic rings. The van der Waals surface area contributed by atoms with E-state index in [0.29, 0.717) is 12.2 Å². The van der Waals surface area contributed by atoms with Crippen molar-refractivity contribution < 1.29 is 14.2 Å². The minimum Gasteiger partial charge on any atom is -0.396 e. The van der Waals surface area contributed by atoms with Gasteiger partial charge in [-0.3, -0.25) is 0 Å². The summed E-state index contributed by atoms with van der Waals surface area (Å²) in [7, 11) is 1.60. The van der Waals surface area contributed by atoms with Gasteiger partial charge in [0.1, 0.15) is 5.82 Å². The lowest BCUT2D eigenvalue weighted by Gasteiger charge is -2.11. The van der Waals surface area contributed by atoms with Crippen LogP contribution in [0.4, 0.5) is 4.39 Å². The fraction of sp³-hybridized carbons (Fsp3) is 0.455. The molecule has 0 spiro atoms. The van der Waals surface area contributed by atoms with Gasteiger partial charge in [0.25, 0.3) is 0 Å². The molecule has 0 saturated heterocycles. The quantitative estimate of drug-likeness (QED) is 0.802. The third kappa shape index (κ3) is 2.53. The first kappa shape index (κ1) is 11.1. The summed E-state index contributed by atoms with van der Waals surface area (Å²) in [6.45, 7) is 2.20. The number of ether oxygens (including phenoxy) is 1. The van der Waals surface area contributed by atoms with E-state index < -0.39 is 0 Å². The zero-order chi connectivity index (χ0) is 10.6. The predicted octanol–water partition coefficient (Wildman–Crippen LogP) is 2.07. The molecule has 1 unspecified atom stereocenters. The lowest BCUT2D eigenvalue weighted by Crippen LogP contribution is -2.03. The number of hydrogen-bond acceptors (Lipinski definition) is 2. The van der Waals surface area contributed by atoms with Crippen LogP contribution in [0.3, 0.4) is 0 Å². The van der Waals surface area contributed by atoms with Crippen molar-refractivity contribution >= 4 is 0 Å². The third-order valence-corrected chi connectivity index (χ3v) is 2.18. The van der Waals surface area contributed by atoms with Crippen molar-refractivity contribution in [3.63, 3.8) is 0 Å². The van der Waals surface area contributed by atoms with Crippen molar-refractivity contribution in [2.45, 2.75) is 19.4 Å². The van der Waals surface area contributed by atoms with Gasteiger partial charge in [-0.25, -0.2) is 4.39 Å². The standard InChI is InChI=1S/C11H15FO2/c1-8(6-13)10-5-9(7-14-2)3-4-11(10)12/h3-5,8,13H,6-7H2,1-2H3. The minimum absolute atomic E-state index is 0.0483. The molecule has 0 aromatic heterocycles. The normalized spacial score (nSPS) is 12.9. The third-order valence-electron chi connectivity index (χ3n) is 2.18. The molecule has 0 aliphatic carbocycles. The molecule has 1 atom stereocenters. The molecule has 2 nitrogen and oxygen atoms in total. The van der Waals surface area contributed by atoms with Crippen LogP contribution in [0.5, 0.6) is 0 Å². The van der Waals surface area contributed by atoms with Crippen LogP contribution < -0.4 is 0 Å². The zero-order valence-electron chi connectivity index (χ0n) is 8.46. The summed E-state index contributed by atoms with van der Waals surface area (Å²) >= 11 is 0. The number of benzene rings is 1. The molecule has 0 radical (unpaired) electrons. The second-order valence-electron chi connectivity index (χ2n) is 3.37. The van der Waals surface area contributed by atoms with Gasteiger partial charge in [-0.2, -0.15) is 0 Å². The average Bonchev–Trinajstić information content (AvgIpc) is 2.20. The summed E-state index contributed by atoms with van der Waals surface area (Å²) in [6.07, 6.45) is 0. The Kier molecular flexibility index (Phi) is 4.04. The molecular formula is C11H15FO2. The molecule has 0 fully saturated rings. The number of aliphatic hydroxyl groups is 1. The summed E-state index contributed by atoms with van der Waals surface area (Å²) in [5.41, 5.74) is 1.46. The maximum Gasteiger partial charge on any atom is 0.126 e. The van der Waals surface area contributed by atoms with Gasteiger partial charge < -0.3 is 9.84 Å². The molecule has 0 aliphatic rings. The van der Waals surface area contributed by atoms with E-state index >= 15 is 0 Å². The van der Waals surface area contributed by atoms with Crippen molar-refractivity contribution in [2.24, 2.45) is 0 Å². The SMILES string of the molecule is COCc1ccc(F)c(C(C)CO)c1. The monoisotopic (exact) mass is 198 g/mol. The van der Waals surface area contributed by atoms with E-state index in [1.54, 1.807) is 26.2 Å². The van der Waals surface area contributed by atoms with Gasteiger partial charge in [0.2, 0.25) is 0 Å². The Hall–Kier alpha value is -0.930. The second-order valence-corrected chi connectivity index (χ2v) is 3.37. The summed E-state index contributed by atoms with van der Waals surface area (Å²) < 4.78 is 18.2. The van der Waals surface area contributed by atoms with Crippen LogP contribution in [0, 0.1) is 5.82 Å². The fourth-order valence-corrected chi connectivity index (χ4v) is 1.33. The van der Waals surface area contributed by atoms with Crippen LogP contribution in [0.1, 0.15) is 24.0 Å². The van der Waals surface area contributed by atoms with E-state index in [-0.39, 0.29) is 18.3 Å². The van der Waals surface area contributed by atoms with Crippen molar-refractivity contribution in [3.05, 3.63) is 35.1 Å². The van der Waals surface area contributed by atoms with Crippen LogP contribution in [0.15, 0.2) is 18.2 Å². The van der Waals surface area contributed by atoms with Crippen molar-refractivity contribution in [3.8, 4) is 0 Å². The highest BCUT2D eigenvalue weighted by molar-refractivity contribution is 5.27. The minimum atomic E-state index is -0.272. The molecule has 0 heterocycles. The molecule has 78 valence electrons. The Morgan fingerprint density at radius 1 is 1.50 bits per heavy atom. The fourth-order valence-electron chi connectivity index (χ4n) is 1.33. The number of rotatable bonds is 4. The topological polar surface area (TPSA) is 29.5 Å². The van der Waals surface area contributed by atoms with Gasteiger partial charge in [-0.1, -0.05) is 19.1 Å². The number of hydrogen-bond donors (Lipinski definition) is 1. The lowest BCUT2D eigenvalue weighted by molar-refractivity contribution is 0.184. The molecular weight excluding hydrogens is 183 g/mol. The average molecular weight is 198 g/mol. The van der Waals surface area contributed by atoms with Gasteiger partial charge in [-0.05, 0) is 17.2 Å². The lowest BCUT2D eigenvalue weighted by atomic mass is 9.99. The van der Waals surface area contributed by atoms with Crippen LogP contribution >= 0.6 is 0 Å². The summed E-state index contributed by atoms with van der Waals surface area (Å²) in [4.78, 5) is 0. The van der Waals surface area contributed by atoms with Crippen molar-refractivity contribution in [2.75, 3.05) is 13.7 Å². The van der Waals surface area contributed by atoms with Crippen LogP contribution in [-0.4, -0.2) is 18.8 Å². The first-order valence-corrected chi connectivity index (χ1v) is 4.57. The first-order chi connectivity index (χ1) is 6.69. The summed E-state index contributed by atoms with van der Waals surface area (Å²) in [5.74, 6) is -0.446. The highest BCUT2D eigenvalue weighted by atomic mass is 19.1. The van der Waals surface area contributed by atoms with Crippen molar-refractivity contribution in [1.82, 2.24) is 0 Å². The molecule has 0 saturated carbocycles. The van der Waals surface area contributed by atoms with Crippen LogP contribution in [0.2, 0.25) is 0 Å². The van der Waals surface area contributed by atoms with Crippen LogP contribution in [-0.2, 0) is 11.3 Å². The Morgan fingerprint density at radius 3 is 2.79 bits per heavy atom. The van der Waals surface area contributed by atoms with Gasteiger partial charge >= 0.3 is 0 Å². The Bertz CT molecular complexity index is 299. The van der Waals surface area contributed by atoms with Gasteiger partial charge in [0.15, 0.2) is 0 Å². The van der Waals surface area contributed by atoms with E-state index in [2.05, 4.69) is 0 Å². The predicted molar refractivity (Wildman–Crippen MR) is 52.6 cm³/mol. The molecule has 0 aliphatic heterocycles. The van der Waals surface area contributed by atoms with Gasteiger partial charge in [0.05, 0.1) is 6.61 Å². The molecule has 1 rings (SSSR count). The number of methoxy groups -OCH3 is 1. The number of halogens is 1. The highest BCUT2D eigenvalue weighted by Crippen LogP contribution is 2.20. The Labute approximate surface area is 83.3 Å². The second kappa shape index (κ2) is 5.08. The van der Waals surface area contributed by atoms with Gasteiger partial charge in [0, 0.05) is 19.6 Å². The van der Waals surface area contributed by atoms with E-state index in [9.17, 15) is 4.39 Å². The largest absolute Gasteiger partial charge is 0.396 e. The molecule has 1 N–H and O–H groups in total. The van der Waals surface area contributed by atoms with E-state index in [4.69, 9.17) is 9.84 Å². The van der Waals surface area contributed by atoms with Gasteiger partial charge in [-0.15, -0.1) is 0 Å². The molecule has 0 amide bonds. The van der Waals surface area contributed by atoms with Crippen LogP contribution in [0.25, 0.3) is 0 Å². The van der Waals surface area contributed by atoms with E-state index in [1.165, 1.54) is 6.07 Å². The van der Waals surface area contributed by atoms with E-state index in [1.807, 2.05) is 0 Å². The first-order valence-electron chi connectivity index (χ1n) is 4.57. The molecule has 0 bridgehead atoms. The maximum atomic E-state index is 13.3. The Morgan fingerprint density at radius 2 is 2.21 bits per heavy atom. The molecule has 14 heavy (non-hydrogen) atoms. The van der Waals surface area contributed by atoms with Crippen molar-refractivity contribution in [1.29, 1.82) is 0 Å². The smallest absolute Gasteiger partial charge is 0.126 e.